The number of rotatable bonds is 4. The van der Waals surface area contributed by atoms with Crippen LogP contribution in [-0.2, 0) is 26.2 Å². The Bertz CT molecular complexity index is 707. The SMILES string of the molecule is COC(=O)/C=C/C(=O)N[C@@H]1CC(=O)N(C)[C@H]1c1c(C)nn(C)c1C. The Labute approximate surface area is 140 Å². The summed E-state index contributed by atoms with van der Waals surface area (Å²) >= 11 is 0. The third-order valence-corrected chi connectivity index (χ3v) is 4.35. The number of ether oxygens (including phenoxy) is 1. The van der Waals surface area contributed by atoms with Crippen LogP contribution in [0.25, 0.3) is 0 Å². The first-order valence-electron chi connectivity index (χ1n) is 7.58. The predicted octanol–water partition coefficient (Wildman–Crippen LogP) is 0.154. The zero-order valence-electron chi connectivity index (χ0n) is 14.5. The molecule has 1 aliphatic rings. The number of hydrogen-bond acceptors (Lipinski definition) is 5. The molecular formula is C16H22N4O4. The Kier molecular flexibility index (Phi) is 5.06. The van der Waals surface area contributed by atoms with Gasteiger partial charge in [0.2, 0.25) is 11.8 Å². The minimum atomic E-state index is -0.611. The number of nitrogens with one attached hydrogen (secondary N) is 1. The molecule has 2 heterocycles. The largest absolute Gasteiger partial charge is 0.466 e. The summed E-state index contributed by atoms with van der Waals surface area (Å²) in [6, 6.07) is -0.680. The van der Waals surface area contributed by atoms with Crippen molar-refractivity contribution in [3.8, 4) is 0 Å². The Morgan fingerprint density at radius 1 is 1.29 bits per heavy atom. The molecule has 0 radical (unpaired) electrons. The van der Waals surface area contributed by atoms with Crippen molar-refractivity contribution in [1.82, 2.24) is 20.0 Å². The molecular weight excluding hydrogens is 312 g/mol. The number of amides is 2. The van der Waals surface area contributed by atoms with Gasteiger partial charge in [-0.05, 0) is 13.8 Å². The second-order valence-electron chi connectivity index (χ2n) is 5.83. The van der Waals surface area contributed by atoms with E-state index in [4.69, 9.17) is 0 Å². The van der Waals surface area contributed by atoms with Gasteiger partial charge in [-0.3, -0.25) is 14.3 Å². The highest BCUT2D eigenvalue weighted by atomic mass is 16.5. The number of methoxy groups -OCH3 is 1. The van der Waals surface area contributed by atoms with E-state index in [-0.39, 0.29) is 24.4 Å². The van der Waals surface area contributed by atoms with E-state index in [0.29, 0.717) is 0 Å². The minimum absolute atomic E-state index is 0.0510. The van der Waals surface area contributed by atoms with Gasteiger partial charge in [0.1, 0.15) is 0 Å². The summed E-state index contributed by atoms with van der Waals surface area (Å²) in [4.78, 5) is 36.9. The lowest BCUT2D eigenvalue weighted by Crippen LogP contribution is -2.38. The molecule has 2 amide bonds. The molecule has 8 nitrogen and oxygen atoms in total. The third-order valence-electron chi connectivity index (χ3n) is 4.35. The van der Waals surface area contributed by atoms with Crippen LogP contribution in [0.1, 0.15) is 29.4 Å². The molecule has 24 heavy (non-hydrogen) atoms. The molecule has 130 valence electrons. The summed E-state index contributed by atoms with van der Waals surface area (Å²) in [6.07, 6.45) is 2.35. The maximum atomic E-state index is 12.1. The number of carbonyl (C=O) groups is 3. The van der Waals surface area contributed by atoms with E-state index in [2.05, 4.69) is 15.2 Å². The summed E-state index contributed by atoms with van der Waals surface area (Å²) in [6.45, 7) is 3.82. The average Bonchev–Trinajstić information content (AvgIpc) is 2.93. The van der Waals surface area contributed by atoms with Crippen LogP contribution in [0.2, 0.25) is 0 Å². The number of esters is 1. The molecule has 0 aliphatic carbocycles. The quantitative estimate of drug-likeness (QED) is 0.625. The summed E-state index contributed by atoms with van der Waals surface area (Å²) in [5.41, 5.74) is 2.71. The van der Waals surface area contributed by atoms with E-state index in [1.165, 1.54) is 7.11 Å². The smallest absolute Gasteiger partial charge is 0.330 e. The van der Waals surface area contributed by atoms with E-state index < -0.39 is 11.9 Å². The summed E-state index contributed by atoms with van der Waals surface area (Å²) in [5, 5.41) is 7.19. The zero-order chi connectivity index (χ0) is 18.0. The highest BCUT2D eigenvalue weighted by Crippen LogP contribution is 2.35. The molecule has 0 saturated carbocycles. The van der Waals surface area contributed by atoms with Gasteiger partial charge in [-0.15, -0.1) is 0 Å². The van der Waals surface area contributed by atoms with Crippen molar-refractivity contribution in [3.63, 3.8) is 0 Å². The standard InChI is InChI=1S/C16H22N4O4/c1-9-15(10(2)20(4)18-9)16-11(8-13(22)19(16)3)17-12(21)6-7-14(23)24-5/h6-7,11,16H,8H2,1-5H3,(H,17,21)/b7-6+/t11-,16-/m1/s1. The number of likely N-dealkylation sites (tertiary alicyclic amines) is 1. The van der Waals surface area contributed by atoms with Gasteiger partial charge in [-0.25, -0.2) is 4.79 Å². The highest BCUT2D eigenvalue weighted by Gasteiger charge is 2.41. The molecule has 1 N–H and O–H groups in total. The monoisotopic (exact) mass is 334 g/mol. The topological polar surface area (TPSA) is 93.5 Å². The fourth-order valence-electron chi connectivity index (χ4n) is 3.05. The van der Waals surface area contributed by atoms with Gasteiger partial charge >= 0.3 is 5.97 Å². The van der Waals surface area contributed by atoms with Crippen molar-refractivity contribution in [2.24, 2.45) is 7.05 Å². The van der Waals surface area contributed by atoms with Crippen LogP contribution in [-0.4, -0.2) is 52.7 Å². The van der Waals surface area contributed by atoms with Crippen molar-refractivity contribution in [3.05, 3.63) is 29.1 Å². The molecule has 0 aromatic carbocycles. The van der Waals surface area contributed by atoms with Gasteiger partial charge in [0, 0.05) is 43.9 Å². The number of aromatic nitrogens is 2. The summed E-state index contributed by atoms with van der Waals surface area (Å²) < 4.78 is 6.21. The lowest BCUT2D eigenvalue weighted by Gasteiger charge is -2.26. The van der Waals surface area contributed by atoms with E-state index in [9.17, 15) is 14.4 Å². The van der Waals surface area contributed by atoms with Crippen molar-refractivity contribution >= 4 is 17.8 Å². The predicted molar refractivity (Wildman–Crippen MR) is 85.9 cm³/mol. The molecule has 1 aromatic rings. The molecule has 2 atom stereocenters. The highest BCUT2D eigenvalue weighted by molar-refractivity contribution is 5.95. The maximum Gasteiger partial charge on any atom is 0.330 e. The van der Waals surface area contributed by atoms with E-state index in [0.717, 1.165) is 29.1 Å². The van der Waals surface area contributed by atoms with Crippen LogP contribution in [0, 0.1) is 13.8 Å². The van der Waals surface area contributed by atoms with Crippen LogP contribution in [0.3, 0.4) is 0 Å². The second kappa shape index (κ2) is 6.86. The third kappa shape index (κ3) is 3.32. The van der Waals surface area contributed by atoms with Gasteiger partial charge in [0.25, 0.3) is 0 Å². The first-order valence-corrected chi connectivity index (χ1v) is 7.58. The molecule has 1 fully saturated rings. The normalized spacial score (nSPS) is 20.7. The fraction of sp³-hybridized carbons (Fsp3) is 0.500. The molecule has 1 aromatic heterocycles. The van der Waals surface area contributed by atoms with Crippen LogP contribution < -0.4 is 5.32 Å². The van der Waals surface area contributed by atoms with E-state index >= 15 is 0 Å². The molecule has 2 rings (SSSR count). The number of hydrogen-bond donors (Lipinski definition) is 1. The van der Waals surface area contributed by atoms with E-state index in [1.807, 2.05) is 20.9 Å². The minimum Gasteiger partial charge on any atom is -0.466 e. The first kappa shape index (κ1) is 17.7. The van der Waals surface area contributed by atoms with Crippen molar-refractivity contribution in [1.29, 1.82) is 0 Å². The van der Waals surface area contributed by atoms with Gasteiger partial charge < -0.3 is 15.0 Å². The van der Waals surface area contributed by atoms with Gasteiger partial charge in [-0.2, -0.15) is 5.10 Å². The Morgan fingerprint density at radius 2 is 1.96 bits per heavy atom. The Hall–Kier alpha value is -2.64. The van der Waals surface area contributed by atoms with Gasteiger partial charge in [0.15, 0.2) is 0 Å². The molecule has 1 saturated heterocycles. The molecule has 0 bridgehead atoms. The fourth-order valence-corrected chi connectivity index (χ4v) is 3.05. The van der Waals surface area contributed by atoms with Crippen molar-refractivity contribution in [2.75, 3.05) is 14.2 Å². The van der Waals surface area contributed by atoms with Crippen molar-refractivity contribution in [2.45, 2.75) is 32.4 Å². The van der Waals surface area contributed by atoms with E-state index in [1.54, 1.807) is 16.6 Å². The average molecular weight is 334 g/mol. The lowest BCUT2D eigenvalue weighted by molar-refractivity contribution is -0.135. The van der Waals surface area contributed by atoms with Crippen LogP contribution in [0.4, 0.5) is 0 Å². The van der Waals surface area contributed by atoms with Crippen LogP contribution in [0.15, 0.2) is 12.2 Å². The lowest BCUT2D eigenvalue weighted by atomic mass is 9.98. The number of nitrogens with zero attached hydrogens (tertiary/aromatic N) is 3. The summed E-state index contributed by atoms with van der Waals surface area (Å²) in [5.74, 6) is -1.11. The van der Waals surface area contributed by atoms with Crippen LogP contribution in [0.5, 0.6) is 0 Å². The number of aryl methyl sites for hydroxylation is 2. The molecule has 8 heteroatoms. The summed E-state index contributed by atoms with van der Waals surface area (Å²) in [7, 11) is 4.80. The Morgan fingerprint density at radius 3 is 2.50 bits per heavy atom. The van der Waals surface area contributed by atoms with Gasteiger partial charge in [-0.1, -0.05) is 0 Å². The number of carbonyl (C=O) groups excluding carboxylic acids is 3. The molecule has 0 unspecified atom stereocenters. The van der Waals surface area contributed by atoms with Crippen LogP contribution >= 0.6 is 0 Å². The van der Waals surface area contributed by atoms with Gasteiger partial charge in [0.05, 0.1) is 24.9 Å². The number of likely N-dealkylation sites (N-methyl/N-ethyl adjacent to an activating group) is 1. The first-order chi connectivity index (χ1) is 11.3. The zero-order valence-corrected chi connectivity index (χ0v) is 14.5. The van der Waals surface area contributed by atoms with Crippen molar-refractivity contribution < 1.29 is 19.1 Å². The maximum absolute atomic E-state index is 12.1. The second-order valence-corrected chi connectivity index (χ2v) is 5.83. The molecule has 1 aliphatic heterocycles. The Balaban J connectivity index is 2.25. The molecule has 0 spiro atoms.